The highest BCUT2D eigenvalue weighted by Gasteiger charge is 2.12. The van der Waals surface area contributed by atoms with Gasteiger partial charge >= 0.3 is 5.97 Å². The number of anilines is 1. The lowest BCUT2D eigenvalue weighted by atomic mass is 10.0. The number of amides is 1. The molecule has 1 aromatic heterocycles. The molecule has 2 aromatic carbocycles. The minimum Gasteiger partial charge on any atom is -0.456 e. The van der Waals surface area contributed by atoms with E-state index in [2.05, 4.69) is 15.3 Å². The predicted octanol–water partition coefficient (Wildman–Crippen LogP) is 3.55. The standard InChI is InChI=1S/C24H27N3O4/c1-3-16-9-7-10-17(4-2)23(16)27-21(28)15-31-22(29)14-8-13-20-25-19-12-6-5-11-18(19)24(30)26-20/h5-7,9-12H,3-4,8,13-15H2,1-2H3,(H,27,28)(H,25,26,30). The zero-order valence-electron chi connectivity index (χ0n) is 17.9. The Labute approximate surface area is 180 Å². The average Bonchev–Trinajstić information content (AvgIpc) is 2.78. The third-order valence-electron chi connectivity index (χ3n) is 5.08. The third kappa shape index (κ3) is 5.78. The fourth-order valence-corrected chi connectivity index (χ4v) is 3.45. The van der Waals surface area contributed by atoms with Gasteiger partial charge < -0.3 is 15.0 Å². The Morgan fingerprint density at radius 1 is 1.03 bits per heavy atom. The van der Waals surface area contributed by atoms with Gasteiger partial charge in [0.15, 0.2) is 6.61 Å². The van der Waals surface area contributed by atoms with Crippen molar-refractivity contribution in [3.8, 4) is 0 Å². The predicted molar refractivity (Wildman–Crippen MR) is 120 cm³/mol. The van der Waals surface area contributed by atoms with Gasteiger partial charge in [-0.15, -0.1) is 0 Å². The first kappa shape index (κ1) is 22.2. The monoisotopic (exact) mass is 421 g/mol. The molecule has 2 N–H and O–H groups in total. The molecule has 0 unspecified atom stereocenters. The first-order chi connectivity index (χ1) is 15.0. The maximum absolute atomic E-state index is 12.3. The number of benzene rings is 2. The number of carbonyl (C=O) groups is 2. The van der Waals surface area contributed by atoms with E-state index in [1.165, 1.54) is 0 Å². The molecular formula is C24H27N3O4. The van der Waals surface area contributed by atoms with E-state index in [0.717, 1.165) is 29.7 Å². The lowest BCUT2D eigenvalue weighted by Crippen LogP contribution is -2.22. The molecule has 0 aliphatic rings. The van der Waals surface area contributed by atoms with Crippen molar-refractivity contribution in [2.24, 2.45) is 0 Å². The summed E-state index contributed by atoms with van der Waals surface area (Å²) < 4.78 is 5.11. The third-order valence-corrected chi connectivity index (χ3v) is 5.08. The van der Waals surface area contributed by atoms with E-state index in [-0.39, 0.29) is 24.5 Å². The number of H-pyrrole nitrogens is 1. The number of fused-ring (bicyclic) bond motifs is 1. The van der Waals surface area contributed by atoms with Crippen LogP contribution < -0.4 is 10.9 Å². The SMILES string of the molecule is CCc1cccc(CC)c1NC(=O)COC(=O)CCCc1nc2ccccc2c(=O)[nH]1. The number of ether oxygens (including phenoxy) is 1. The smallest absolute Gasteiger partial charge is 0.306 e. The first-order valence-corrected chi connectivity index (χ1v) is 10.6. The number of aryl methyl sites for hydroxylation is 3. The first-order valence-electron chi connectivity index (χ1n) is 10.6. The zero-order valence-corrected chi connectivity index (χ0v) is 17.9. The molecule has 7 heteroatoms. The van der Waals surface area contributed by atoms with Crippen LogP contribution in [0.2, 0.25) is 0 Å². The number of hydrogen-bond acceptors (Lipinski definition) is 5. The molecule has 162 valence electrons. The Kier molecular flexibility index (Phi) is 7.54. The molecule has 0 radical (unpaired) electrons. The normalized spacial score (nSPS) is 10.8. The fraction of sp³-hybridized carbons (Fsp3) is 0.333. The summed E-state index contributed by atoms with van der Waals surface area (Å²) in [7, 11) is 0. The summed E-state index contributed by atoms with van der Waals surface area (Å²) >= 11 is 0. The van der Waals surface area contributed by atoms with E-state index >= 15 is 0 Å². The number of nitrogens with zero attached hydrogens (tertiary/aromatic N) is 1. The van der Waals surface area contributed by atoms with Crippen LogP contribution in [0.1, 0.15) is 43.6 Å². The second kappa shape index (κ2) is 10.5. The topological polar surface area (TPSA) is 101 Å². The van der Waals surface area contributed by atoms with E-state index in [4.69, 9.17) is 4.74 Å². The van der Waals surface area contributed by atoms with Crippen molar-refractivity contribution < 1.29 is 14.3 Å². The van der Waals surface area contributed by atoms with E-state index in [1.54, 1.807) is 18.2 Å². The number of hydrogen-bond donors (Lipinski definition) is 2. The number of para-hydroxylation sites is 2. The average molecular weight is 421 g/mol. The van der Waals surface area contributed by atoms with Gasteiger partial charge in [0.25, 0.3) is 11.5 Å². The van der Waals surface area contributed by atoms with E-state index in [0.29, 0.717) is 29.6 Å². The summed E-state index contributed by atoms with van der Waals surface area (Å²) in [6.45, 7) is 3.73. The van der Waals surface area contributed by atoms with Crippen LogP contribution in [0.5, 0.6) is 0 Å². The van der Waals surface area contributed by atoms with Crippen LogP contribution in [-0.2, 0) is 33.6 Å². The molecule has 0 saturated heterocycles. The van der Waals surface area contributed by atoms with Crippen molar-refractivity contribution in [3.05, 3.63) is 69.8 Å². The molecule has 0 aliphatic carbocycles. The fourth-order valence-electron chi connectivity index (χ4n) is 3.45. The summed E-state index contributed by atoms with van der Waals surface area (Å²) in [4.78, 5) is 43.5. The number of rotatable bonds is 9. The molecule has 7 nitrogen and oxygen atoms in total. The summed E-state index contributed by atoms with van der Waals surface area (Å²) in [5.74, 6) is -0.292. The Morgan fingerprint density at radius 2 is 1.74 bits per heavy atom. The zero-order chi connectivity index (χ0) is 22.2. The summed E-state index contributed by atoms with van der Waals surface area (Å²) in [5, 5.41) is 3.41. The van der Waals surface area contributed by atoms with Crippen LogP contribution in [-0.4, -0.2) is 28.5 Å². The number of carbonyl (C=O) groups excluding carboxylic acids is 2. The highest BCUT2D eigenvalue weighted by Crippen LogP contribution is 2.22. The molecule has 3 rings (SSSR count). The van der Waals surface area contributed by atoms with Crippen molar-refractivity contribution >= 4 is 28.5 Å². The molecule has 0 spiro atoms. The van der Waals surface area contributed by atoms with Crippen molar-refractivity contribution in [1.29, 1.82) is 0 Å². The number of aromatic nitrogens is 2. The quantitative estimate of drug-likeness (QED) is 0.515. The van der Waals surface area contributed by atoms with Gasteiger partial charge in [-0.3, -0.25) is 14.4 Å². The van der Waals surface area contributed by atoms with E-state index in [1.807, 2.05) is 38.1 Å². The van der Waals surface area contributed by atoms with Crippen molar-refractivity contribution in [3.63, 3.8) is 0 Å². The molecule has 0 atom stereocenters. The second-order valence-corrected chi connectivity index (χ2v) is 7.25. The Balaban J connectivity index is 1.48. The Bertz CT molecular complexity index is 1110. The molecule has 0 saturated carbocycles. The van der Waals surface area contributed by atoms with Gasteiger partial charge in [-0.05, 0) is 42.5 Å². The van der Waals surface area contributed by atoms with Gasteiger partial charge in [0, 0.05) is 18.5 Å². The van der Waals surface area contributed by atoms with Gasteiger partial charge in [0.05, 0.1) is 10.9 Å². The van der Waals surface area contributed by atoms with Crippen molar-refractivity contribution in [2.75, 3.05) is 11.9 Å². The van der Waals surface area contributed by atoms with E-state index in [9.17, 15) is 14.4 Å². The van der Waals surface area contributed by atoms with Crippen molar-refractivity contribution in [1.82, 2.24) is 9.97 Å². The molecule has 0 aliphatic heterocycles. The molecule has 3 aromatic rings. The van der Waals surface area contributed by atoms with Crippen molar-refractivity contribution in [2.45, 2.75) is 46.0 Å². The lowest BCUT2D eigenvalue weighted by Gasteiger charge is -2.14. The van der Waals surface area contributed by atoms with Crippen LogP contribution >= 0.6 is 0 Å². The Hall–Kier alpha value is -3.48. The van der Waals surface area contributed by atoms with Gasteiger partial charge in [0.1, 0.15) is 5.82 Å². The lowest BCUT2D eigenvalue weighted by molar-refractivity contribution is -0.147. The highest BCUT2D eigenvalue weighted by atomic mass is 16.5. The number of esters is 1. The van der Waals surface area contributed by atoms with Gasteiger partial charge in [0.2, 0.25) is 0 Å². The molecule has 1 heterocycles. The highest BCUT2D eigenvalue weighted by molar-refractivity contribution is 5.94. The summed E-state index contributed by atoms with van der Waals surface area (Å²) in [5.41, 5.74) is 3.34. The van der Waals surface area contributed by atoms with Crippen LogP contribution in [0, 0.1) is 0 Å². The maximum atomic E-state index is 12.3. The second-order valence-electron chi connectivity index (χ2n) is 7.25. The van der Waals surface area contributed by atoms with Crippen LogP contribution in [0.4, 0.5) is 5.69 Å². The Morgan fingerprint density at radius 3 is 2.45 bits per heavy atom. The van der Waals surface area contributed by atoms with E-state index < -0.39 is 5.97 Å². The molecule has 0 bridgehead atoms. The summed E-state index contributed by atoms with van der Waals surface area (Å²) in [6, 6.07) is 13.0. The minimum absolute atomic E-state index is 0.134. The van der Waals surface area contributed by atoms with Gasteiger partial charge in [-0.25, -0.2) is 4.98 Å². The molecule has 0 fully saturated rings. The van der Waals surface area contributed by atoms with Crippen LogP contribution in [0.25, 0.3) is 10.9 Å². The molecule has 1 amide bonds. The molecular weight excluding hydrogens is 394 g/mol. The molecule has 31 heavy (non-hydrogen) atoms. The van der Waals surface area contributed by atoms with Gasteiger partial charge in [-0.2, -0.15) is 0 Å². The largest absolute Gasteiger partial charge is 0.456 e. The minimum atomic E-state index is -0.460. The summed E-state index contributed by atoms with van der Waals surface area (Å²) in [6.07, 6.45) is 2.63. The number of aromatic amines is 1. The van der Waals surface area contributed by atoms with Crippen LogP contribution in [0.15, 0.2) is 47.3 Å². The van der Waals surface area contributed by atoms with Gasteiger partial charge in [-0.1, -0.05) is 44.2 Å². The van der Waals surface area contributed by atoms with Crippen LogP contribution in [0.3, 0.4) is 0 Å². The number of nitrogens with one attached hydrogen (secondary N) is 2. The maximum Gasteiger partial charge on any atom is 0.306 e.